The molecule has 0 amide bonds. The second kappa shape index (κ2) is 5.82. The van der Waals surface area contributed by atoms with Crippen LogP contribution in [0.25, 0.3) is 0 Å². The topological polar surface area (TPSA) is 58.4 Å². The largest absolute Gasteiger partial charge is 0.481 e. The maximum absolute atomic E-state index is 10.8. The smallest absolute Gasteiger partial charge is 0.307 e. The summed E-state index contributed by atoms with van der Waals surface area (Å²) in [6, 6.07) is 0. The van der Waals surface area contributed by atoms with Gasteiger partial charge < -0.3 is 5.11 Å². The van der Waals surface area contributed by atoms with E-state index in [1.165, 1.54) is 0 Å². The summed E-state index contributed by atoms with van der Waals surface area (Å²) >= 11 is 0. The van der Waals surface area contributed by atoms with E-state index < -0.39 is 5.97 Å². The number of hydrogen-bond donors (Lipinski definition) is 1. The van der Waals surface area contributed by atoms with E-state index in [0.717, 1.165) is 24.3 Å². The molecule has 1 N–H and O–H groups in total. The Balaban J connectivity index is 2.64. The molecule has 5 nitrogen and oxygen atoms in total. The monoisotopic (exact) mass is 239 g/mol. The van der Waals surface area contributed by atoms with Gasteiger partial charge >= 0.3 is 5.97 Å². The zero-order valence-electron chi connectivity index (χ0n) is 11.0. The van der Waals surface area contributed by atoms with Crippen LogP contribution in [0.4, 0.5) is 0 Å². The van der Waals surface area contributed by atoms with E-state index in [2.05, 4.69) is 10.00 Å². The van der Waals surface area contributed by atoms with Crippen molar-refractivity contribution in [2.24, 2.45) is 13.0 Å². The van der Waals surface area contributed by atoms with Gasteiger partial charge in [0.25, 0.3) is 0 Å². The normalized spacial score (nSPS) is 13.0. The zero-order chi connectivity index (χ0) is 13.0. The fraction of sp³-hybridized carbons (Fsp3) is 0.667. The van der Waals surface area contributed by atoms with E-state index in [0.29, 0.717) is 6.54 Å². The number of hydrogen-bond acceptors (Lipinski definition) is 3. The number of carboxylic acid groups (broad SMARTS) is 1. The van der Waals surface area contributed by atoms with Crippen LogP contribution in [0.15, 0.2) is 6.20 Å². The Morgan fingerprint density at radius 2 is 2.29 bits per heavy atom. The van der Waals surface area contributed by atoms with Crippen molar-refractivity contribution in [2.75, 3.05) is 13.1 Å². The molecule has 0 saturated carbocycles. The van der Waals surface area contributed by atoms with Gasteiger partial charge in [0.1, 0.15) is 0 Å². The SMILES string of the molecule is CCN(Cc1cnn(C)c1C)CC(C)C(=O)O. The highest BCUT2D eigenvalue weighted by molar-refractivity contribution is 5.69. The van der Waals surface area contributed by atoms with Crippen molar-refractivity contribution >= 4 is 5.97 Å². The molecule has 0 saturated heterocycles. The molecule has 0 aliphatic carbocycles. The minimum Gasteiger partial charge on any atom is -0.481 e. The van der Waals surface area contributed by atoms with Gasteiger partial charge in [-0.1, -0.05) is 13.8 Å². The molecule has 1 unspecified atom stereocenters. The van der Waals surface area contributed by atoms with Gasteiger partial charge in [-0.15, -0.1) is 0 Å². The van der Waals surface area contributed by atoms with Gasteiger partial charge in [0.15, 0.2) is 0 Å². The predicted octanol–water partition coefficient (Wildman–Crippen LogP) is 1.27. The number of rotatable bonds is 6. The predicted molar refractivity (Wildman–Crippen MR) is 65.7 cm³/mol. The average Bonchev–Trinajstić information content (AvgIpc) is 2.59. The number of carbonyl (C=O) groups is 1. The lowest BCUT2D eigenvalue weighted by atomic mass is 10.1. The summed E-state index contributed by atoms with van der Waals surface area (Å²) in [6.07, 6.45) is 1.85. The molecule has 0 spiro atoms. The van der Waals surface area contributed by atoms with Gasteiger partial charge in [0, 0.05) is 31.4 Å². The molecule has 96 valence electrons. The molecule has 1 aromatic rings. The highest BCUT2D eigenvalue weighted by atomic mass is 16.4. The second-order valence-electron chi connectivity index (χ2n) is 4.45. The van der Waals surface area contributed by atoms with Crippen molar-refractivity contribution in [2.45, 2.75) is 27.3 Å². The van der Waals surface area contributed by atoms with Crippen molar-refractivity contribution in [3.8, 4) is 0 Å². The number of carboxylic acids is 1. The zero-order valence-corrected chi connectivity index (χ0v) is 11.0. The van der Waals surface area contributed by atoms with Crippen LogP contribution in [0.5, 0.6) is 0 Å². The van der Waals surface area contributed by atoms with E-state index in [1.54, 1.807) is 6.92 Å². The lowest BCUT2D eigenvalue weighted by Crippen LogP contribution is -2.31. The van der Waals surface area contributed by atoms with Gasteiger partial charge in [0.2, 0.25) is 0 Å². The molecule has 1 rings (SSSR count). The maximum Gasteiger partial charge on any atom is 0.307 e. The third kappa shape index (κ3) is 3.56. The first kappa shape index (κ1) is 13.7. The summed E-state index contributed by atoms with van der Waals surface area (Å²) in [5, 5.41) is 13.1. The minimum atomic E-state index is -0.744. The number of aryl methyl sites for hydroxylation is 1. The average molecular weight is 239 g/mol. The third-order valence-electron chi connectivity index (χ3n) is 3.13. The maximum atomic E-state index is 10.8. The van der Waals surface area contributed by atoms with E-state index >= 15 is 0 Å². The van der Waals surface area contributed by atoms with Crippen molar-refractivity contribution in [3.63, 3.8) is 0 Å². The molecular weight excluding hydrogens is 218 g/mol. The number of aliphatic carboxylic acids is 1. The number of aromatic nitrogens is 2. The van der Waals surface area contributed by atoms with Gasteiger partial charge in [-0.3, -0.25) is 14.4 Å². The molecule has 1 heterocycles. The molecule has 0 aliphatic heterocycles. The standard InChI is InChI=1S/C12H21N3O2/c1-5-15(7-9(2)12(16)17)8-11-6-13-14(4)10(11)3/h6,9H,5,7-8H2,1-4H3,(H,16,17). The molecule has 0 bridgehead atoms. The van der Waals surface area contributed by atoms with Crippen LogP contribution in [0.2, 0.25) is 0 Å². The molecule has 0 aliphatic rings. The van der Waals surface area contributed by atoms with Crippen LogP contribution in [0, 0.1) is 12.8 Å². The van der Waals surface area contributed by atoms with Crippen molar-refractivity contribution in [3.05, 3.63) is 17.5 Å². The summed E-state index contributed by atoms with van der Waals surface area (Å²) < 4.78 is 1.84. The van der Waals surface area contributed by atoms with Gasteiger partial charge in [-0.05, 0) is 13.5 Å². The summed E-state index contributed by atoms with van der Waals surface area (Å²) in [5.41, 5.74) is 2.29. The Bertz CT molecular complexity index is 387. The summed E-state index contributed by atoms with van der Waals surface area (Å²) in [4.78, 5) is 13.0. The Morgan fingerprint density at radius 3 is 2.71 bits per heavy atom. The molecule has 17 heavy (non-hydrogen) atoms. The van der Waals surface area contributed by atoms with E-state index in [1.807, 2.05) is 31.8 Å². The summed E-state index contributed by atoms with van der Waals surface area (Å²) in [7, 11) is 1.91. The quantitative estimate of drug-likeness (QED) is 0.812. The minimum absolute atomic E-state index is 0.341. The third-order valence-corrected chi connectivity index (χ3v) is 3.13. The first-order valence-corrected chi connectivity index (χ1v) is 5.88. The molecule has 1 atom stereocenters. The fourth-order valence-electron chi connectivity index (χ4n) is 1.71. The molecule has 0 aromatic carbocycles. The Hall–Kier alpha value is -1.36. The molecular formula is C12H21N3O2. The Labute approximate surface area is 102 Å². The fourth-order valence-corrected chi connectivity index (χ4v) is 1.71. The van der Waals surface area contributed by atoms with Crippen molar-refractivity contribution in [1.82, 2.24) is 14.7 Å². The summed E-state index contributed by atoms with van der Waals surface area (Å²) in [5.74, 6) is -1.08. The van der Waals surface area contributed by atoms with E-state index in [4.69, 9.17) is 5.11 Å². The van der Waals surface area contributed by atoms with Crippen molar-refractivity contribution in [1.29, 1.82) is 0 Å². The Kier molecular flexibility index (Phi) is 4.69. The van der Waals surface area contributed by atoms with Crippen LogP contribution in [-0.2, 0) is 18.4 Å². The van der Waals surface area contributed by atoms with Crippen molar-refractivity contribution < 1.29 is 9.90 Å². The molecule has 0 fully saturated rings. The molecule has 1 aromatic heterocycles. The second-order valence-corrected chi connectivity index (χ2v) is 4.45. The number of nitrogens with zero attached hydrogens (tertiary/aromatic N) is 3. The Morgan fingerprint density at radius 1 is 1.65 bits per heavy atom. The van der Waals surface area contributed by atoms with Crippen LogP contribution in [-0.4, -0.2) is 38.8 Å². The van der Waals surface area contributed by atoms with Crippen LogP contribution in [0.3, 0.4) is 0 Å². The van der Waals surface area contributed by atoms with Gasteiger partial charge in [0.05, 0.1) is 12.1 Å². The van der Waals surface area contributed by atoms with Crippen LogP contribution < -0.4 is 0 Å². The lowest BCUT2D eigenvalue weighted by Gasteiger charge is -2.22. The lowest BCUT2D eigenvalue weighted by molar-refractivity contribution is -0.141. The van der Waals surface area contributed by atoms with Gasteiger partial charge in [-0.2, -0.15) is 5.10 Å². The van der Waals surface area contributed by atoms with Gasteiger partial charge in [-0.25, -0.2) is 0 Å². The van der Waals surface area contributed by atoms with E-state index in [9.17, 15) is 4.79 Å². The first-order chi connectivity index (χ1) is 7.95. The molecule has 0 radical (unpaired) electrons. The van der Waals surface area contributed by atoms with Crippen LogP contribution >= 0.6 is 0 Å². The van der Waals surface area contributed by atoms with E-state index in [-0.39, 0.29) is 5.92 Å². The highest BCUT2D eigenvalue weighted by Crippen LogP contribution is 2.11. The highest BCUT2D eigenvalue weighted by Gasteiger charge is 2.16. The van der Waals surface area contributed by atoms with Crippen LogP contribution in [0.1, 0.15) is 25.1 Å². The molecule has 5 heteroatoms. The summed E-state index contributed by atoms with van der Waals surface area (Å²) in [6.45, 7) is 7.97. The first-order valence-electron chi connectivity index (χ1n) is 5.88.